The highest BCUT2D eigenvalue weighted by Gasteiger charge is 2.29. The SMILES string of the molecule is Cn1nccc1C(=O)N1CCOc2c(C(=O)O)cccc21. The lowest BCUT2D eigenvalue weighted by atomic mass is 10.1. The molecule has 1 aromatic carbocycles. The Morgan fingerprint density at radius 3 is 2.81 bits per heavy atom. The van der Waals surface area contributed by atoms with Gasteiger partial charge in [0.2, 0.25) is 0 Å². The second-order valence-electron chi connectivity index (χ2n) is 4.60. The summed E-state index contributed by atoms with van der Waals surface area (Å²) in [4.78, 5) is 25.3. The topological polar surface area (TPSA) is 84.7 Å². The summed E-state index contributed by atoms with van der Waals surface area (Å²) in [6.45, 7) is 0.612. The number of anilines is 1. The van der Waals surface area contributed by atoms with Crippen LogP contribution in [0.2, 0.25) is 0 Å². The molecule has 0 saturated heterocycles. The third-order valence-electron chi connectivity index (χ3n) is 3.36. The Hall–Kier alpha value is -2.83. The van der Waals surface area contributed by atoms with Crippen LogP contribution >= 0.6 is 0 Å². The largest absolute Gasteiger partial charge is 0.489 e. The van der Waals surface area contributed by atoms with E-state index in [9.17, 15) is 14.7 Å². The molecule has 0 bridgehead atoms. The molecule has 0 spiro atoms. The van der Waals surface area contributed by atoms with Gasteiger partial charge in [-0.3, -0.25) is 9.48 Å². The highest BCUT2D eigenvalue weighted by Crippen LogP contribution is 2.35. The second kappa shape index (κ2) is 4.93. The van der Waals surface area contributed by atoms with Gasteiger partial charge in [0.15, 0.2) is 5.75 Å². The van der Waals surface area contributed by atoms with Crippen molar-refractivity contribution in [2.24, 2.45) is 7.05 Å². The van der Waals surface area contributed by atoms with Crippen LogP contribution in [0, 0.1) is 0 Å². The number of carbonyl (C=O) groups excluding carboxylic acids is 1. The number of aryl methyl sites for hydroxylation is 1. The molecule has 7 nitrogen and oxygen atoms in total. The van der Waals surface area contributed by atoms with Gasteiger partial charge in [0.1, 0.15) is 17.9 Å². The Morgan fingerprint density at radius 2 is 2.14 bits per heavy atom. The second-order valence-corrected chi connectivity index (χ2v) is 4.60. The van der Waals surface area contributed by atoms with Crippen LogP contribution in [0.25, 0.3) is 0 Å². The minimum atomic E-state index is -1.08. The Balaban J connectivity index is 2.05. The van der Waals surface area contributed by atoms with E-state index in [1.807, 2.05) is 0 Å². The van der Waals surface area contributed by atoms with E-state index in [1.54, 1.807) is 31.4 Å². The van der Waals surface area contributed by atoms with Crippen molar-refractivity contribution in [1.82, 2.24) is 9.78 Å². The van der Waals surface area contributed by atoms with Crippen LogP contribution in [-0.4, -0.2) is 39.9 Å². The third kappa shape index (κ3) is 2.12. The Kier molecular flexibility index (Phi) is 3.09. The molecule has 1 amide bonds. The fraction of sp³-hybridized carbons (Fsp3) is 0.214. The first-order valence-corrected chi connectivity index (χ1v) is 6.38. The number of hydrogen-bond acceptors (Lipinski definition) is 4. The number of benzene rings is 1. The van der Waals surface area contributed by atoms with Crippen molar-refractivity contribution in [2.45, 2.75) is 0 Å². The van der Waals surface area contributed by atoms with Crippen LogP contribution in [0.3, 0.4) is 0 Å². The molecule has 1 aliphatic rings. The zero-order valence-corrected chi connectivity index (χ0v) is 11.3. The van der Waals surface area contributed by atoms with Crippen molar-refractivity contribution in [3.05, 3.63) is 41.7 Å². The number of para-hydroxylation sites is 1. The summed E-state index contributed by atoms with van der Waals surface area (Å²) in [7, 11) is 1.68. The maximum atomic E-state index is 12.6. The number of carboxylic acid groups (broad SMARTS) is 1. The van der Waals surface area contributed by atoms with Gasteiger partial charge < -0.3 is 14.7 Å². The number of rotatable bonds is 2. The van der Waals surface area contributed by atoms with Crippen LogP contribution in [0.4, 0.5) is 5.69 Å². The van der Waals surface area contributed by atoms with Crippen LogP contribution in [0.15, 0.2) is 30.5 Å². The lowest BCUT2D eigenvalue weighted by Crippen LogP contribution is -2.39. The van der Waals surface area contributed by atoms with E-state index >= 15 is 0 Å². The lowest BCUT2D eigenvalue weighted by Gasteiger charge is -2.30. The summed E-state index contributed by atoms with van der Waals surface area (Å²) in [5.74, 6) is -1.09. The fourth-order valence-electron chi connectivity index (χ4n) is 2.35. The summed E-state index contributed by atoms with van der Waals surface area (Å²) in [6, 6.07) is 6.35. The van der Waals surface area contributed by atoms with E-state index in [-0.39, 0.29) is 23.8 Å². The van der Waals surface area contributed by atoms with E-state index in [0.717, 1.165) is 0 Å². The number of fused-ring (bicyclic) bond motifs is 1. The average molecular weight is 287 g/mol. The minimum Gasteiger partial charge on any atom is -0.489 e. The molecule has 0 aliphatic carbocycles. The standard InChI is InChI=1S/C14H13N3O4/c1-16-11(5-6-15-16)13(18)17-7-8-21-12-9(14(19)20)3-2-4-10(12)17/h2-6H,7-8H2,1H3,(H,19,20). The Labute approximate surface area is 120 Å². The van der Waals surface area contributed by atoms with Crippen LogP contribution in [-0.2, 0) is 7.05 Å². The molecule has 2 heterocycles. The van der Waals surface area contributed by atoms with Gasteiger partial charge >= 0.3 is 5.97 Å². The number of ether oxygens (including phenoxy) is 1. The Bertz CT molecular complexity index is 723. The summed E-state index contributed by atoms with van der Waals surface area (Å²) in [5, 5.41) is 13.2. The van der Waals surface area contributed by atoms with Gasteiger partial charge in [-0.1, -0.05) is 6.07 Å². The van der Waals surface area contributed by atoms with Crippen molar-refractivity contribution < 1.29 is 19.4 Å². The molecule has 2 aromatic rings. The zero-order valence-electron chi connectivity index (χ0n) is 11.3. The van der Waals surface area contributed by atoms with Gasteiger partial charge in [-0.15, -0.1) is 0 Å². The quantitative estimate of drug-likeness (QED) is 0.895. The summed E-state index contributed by atoms with van der Waals surface area (Å²) in [5.41, 5.74) is 0.950. The molecule has 0 radical (unpaired) electrons. The number of carbonyl (C=O) groups is 2. The average Bonchev–Trinajstić information content (AvgIpc) is 2.91. The first-order chi connectivity index (χ1) is 10.1. The molecule has 7 heteroatoms. The molecular formula is C14H13N3O4. The molecule has 0 saturated carbocycles. The van der Waals surface area contributed by atoms with Gasteiger partial charge in [0.25, 0.3) is 5.91 Å². The van der Waals surface area contributed by atoms with Crippen molar-refractivity contribution in [3.8, 4) is 5.75 Å². The number of aromatic nitrogens is 2. The molecule has 0 unspecified atom stereocenters. The molecule has 1 N–H and O–H groups in total. The predicted octanol–water partition coefficient (Wildman–Crippen LogP) is 1.16. The van der Waals surface area contributed by atoms with Gasteiger partial charge in [-0.2, -0.15) is 5.10 Å². The van der Waals surface area contributed by atoms with E-state index in [1.165, 1.54) is 15.6 Å². The number of aromatic carboxylic acids is 1. The fourth-order valence-corrected chi connectivity index (χ4v) is 2.35. The van der Waals surface area contributed by atoms with Gasteiger partial charge in [0, 0.05) is 13.2 Å². The molecule has 1 aromatic heterocycles. The van der Waals surface area contributed by atoms with E-state index < -0.39 is 5.97 Å². The number of amides is 1. The summed E-state index contributed by atoms with van der Waals surface area (Å²) < 4.78 is 6.93. The maximum Gasteiger partial charge on any atom is 0.339 e. The zero-order chi connectivity index (χ0) is 15.0. The molecular weight excluding hydrogens is 274 g/mol. The summed E-state index contributed by atoms with van der Waals surface area (Å²) in [6.07, 6.45) is 1.54. The number of carboxylic acids is 1. The van der Waals surface area contributed by atoms with Gasteiger partial charge in [0.05, 0.1) is 12.2 Å². The number of hydrogen-bond donors (Lipinski definition) is 1. The summed E-state index contributed by atoms with van der Waals surface area (Å²) >= 11 is 0. The van der Waals surface area contributed by atoms with Gasteiger partial charge in [-0.05, 0) is 18.2 Å². The molecule has 1 aliphatic heterocycles. The highest BCUT2D eigenvalue weighted by atomic mass is 16.5. The maximum absolute atomic E-state index is 12.6. The predicted molar refractivity (Wildman–Crippen MR) is 73.8 cm³/mol. The van der Waals surface area contributed by atoms with Gasteiger partial charge in [-0.25, -0.2) is 4.79 Å². The monoisotopic (exact) mass is 287 g/mol. The first kappa shape index (κ1) is 13.2. The Morgan fingerprint density at radius 1 is 1.33 bits per heavy atom. The first-order valence-electron chi connectivity index (χ1n) is 6.38. The van der Waals surface area contributed by atoms with Crippen molar-refractivity contribution in [2.75, 3.05) is 18.1 Å². The third-order valence-corrected chi connectivity index (χ3v) is 3.36. The minimum absolute atomic E-state index is 0.0509. The highest BCUT2D eigenvalue weighted by molar-refractivity contribution is 6.07. The molecule has 0 atom stereocenters. The smallest absolute Gasteiger partial charge is 0.339 e. The van der Waals surface area contributed by atoms with Crippen LogP contribution in [0.5, 0.6) is 5.75 Å². The molecule has 108 valence electrons. The van der Waals surface area contributed by atoms with E-state index in [4.69, 9.17) is 4.74 Å². The molecule has 0 fully saturated rings. The van der Waals surface area contributed by atoms with Crippen molar-refractivity contribution in [1.29, 1.82) is 0 Å². The van der Waals surface area contributed by atoms with E-state index in [0.29, 0.717) is 17.9 Å². The number of nitrogens with zero attached hydrogens (tertiary/aromatic N) is 3. The van der Waals surface area contributed by atoms with Crippen molar-refractivity contribution >= 4 is 17.6 Å². The van der Waals surface area contributed by atoms with Crippen LogP contribution in [0.1, 0.15) is 20.8 Å². The lowest BCUT2D eigenvalue weighted by molar-refractivity contribution is 0.0690. The van der Waals surface area contributed by atoms with Crippen LogP contribution < -0.4 is 9.64 Å². The normalized spacial score (nSPS) is 13.5. The molecule has 21 heavy (non-hydrogen) atoms. The molecule has 3 rings (SSSR count). The van der Waals surface area contributed by atoms with Crippen molar-refractivity contribution in [3.63, 3.8) is 0 Å². The van der Waals surface area contributed by atoms with E-state index in [2.05, 4.69) is 5.10 Å².